The van der Waals surface area contributed by atoms with Crippen molar-refractivity contribution >= 4 is 18.5 Å². The van der Waals surface area contributed by atoms with Gasteiger partial charge in [-0.3, -0.25) is 4.79 Å². The normalized spacial score (nSPS) is 10.8. The Morgan fingerprint density at radius 2 is 2.17 bits per heavy atom. The molecule has 4 heteroatoms. The van der Waals surface area contributed by atoms with Gasteiger partial charge in [0, 0.05) is 19.1 Å². The van der Waals surface area contributed by atoms with E-state index in [0.717, 1.165) is 6.54 Å². The fourth-order valence-corrected chi connectivity index (χ4v) is 0.798. The van der Waals surface area contributed by atoms with Crippen LogP contribution in [0.3, 0.4) is 0 Å². The van der Waals surface area contributed by atoms with Crippen molar-refractivity contribution in [2.75, 3.05) is 25.9 Å². The Bertz CT molecular complexity index is 139. The number of carbonyl (C=O) groups excluding carboxylic acids is 1. The van der Waals surface area contributed by atoms with Gasteiger partial charge in [-0.2, -0.15) is 12.6 Å². The number of amides is 1. The van der Waals surface area contributed by atoms with Gasteiger partial charge in [-0.15, -0.1) is 0 Å². The van der Waals surface area contributed by atoms with E-state index in [1.54, 1.807) is 0 Å². The molecule has 0 aromatic heterocycles. The van der Waals surface area contributed by atoms with Gasteiger partial charge in [0.25, 0.3) is 0 Å². The minimum atomic E-state index is -0.00418. The molecule has 0 radical (unpaired) electrons. The zero-order valence-electron chi connectivity index (χ0n) is 8.00. The number of likely N-dealkylation sites (N-methyl/N-ethyl adjacent to an activating group) is 1. The smallest absolute Gasteiger partial charge is 0.229 e. The summed E-state index contributed by atoms with van der Waals surface area (Å²) in [5.74, 6) is 0.265. The Kier molecular flexibility index (Phi) is 6.20. The van der Waals surface area contributed by atoms with E-state index in [1.165, 1.54) is 0 Å². The zero-order chi connectivity index (χ0) is 9.56. The van der Waals surface area contributed by atoms with E-state index in [9.17, 15) is 4.79 Å². The molecular weight excluding hydrogens is 172 g/mol. The van der Waals surface area contributed by atoms with E-state index in [1.807, 2.05) is 7.05 Å². The third kappa shape index (κ3) is 5.43. The van der Waals surface area contributed by atoms with E-state index in [0.29, 0.717) is 12.6 Å². The molecule has 1 N–H and O–H groups in total. The Morgan fingerprint density at radius 3 is 2.58 bits per heavy atom. The van der Waals surface area contributed by atoms with Gasteiger partial charge in [0.1, 0.15) is 0 Å². The van der Waals surface area contributed by atoms with Crippen molar-refractivity contribution < 1.29 is 4.79 Å². The Labute approximate surface area is 79.9 Å². The van der Waals surface area contributed by atoms with Gasteiger partial charge in [-0.1, -0.05) is 0 Å². The first-order chi connectivity index (χ1) is 5.57. The summed E-state index contributed by atoms with van der Waals surface area (Å²) in [5, 5.41) is 2.76. The molecule has 0 saturated heterocycles. The molecule has 12 heavy (non-hydrogen) atoms. The van der Waals surface area contributed by atoms with Crippen molar-refractivity contribution in [2.24, 2.45) is 0 Å². The standard InChI is InChI=1S/C8H18N2OS/c1-7(2)10(3)5-4-9-8(11)6-12/h7,12H,4-6H2,1-3H3,(H,9,11). The molecule has 0 aliphatic rings. The van der Waals surface area contributed by atoms with Crippen LogP contribution in [-0.2, 0) is 4.79 Å². The van der Waals surface area contributed by atoms with Gasteiger partial charge in [0.05, 0.1) is 5.75 Å². The number of nitrogens with one attached hydrogen (secondary N) is 1. The van der Waals surface area contributed by atoms with Crippen LogP contribution in [0.4, 0.5) is 0 Å². The lowest BCUT2D eigenvalue weighted by Crippen LogP contribution is -2.36. The highest BCUT2D eigenvalue weighted by atomic mass is 32.1. The van der Waals surface area contributed by atoms with E-state index >= 15 is 0 Å². The average Bonchev–Trinajstić information content (AvgIpc) is 2.03. The van der Waals surface area contributed by atoms with E-state index in [4.69, 9.17) is 0 Å². The minimum absolute atomic E-state index is 0.00418. The Hall–Kier alpha value is -0.220. The Morgan fingerprint density at radius 1 is 1.58 bits per heavy atom. The van der Waals surface area contributed by atoms with Crippen molar-refractivity contribution in [1.82, 2.24) is 10.2 Å². The van der Waals surface area contributed by atoms with Crippen LogP contribution < -0.4 is 5.32 Å². The fourth-order valence-electron chi connectivity index (χ4n) is 0.686. The predicted molar refractivity (Wildman–Crippen MR) is 54.6 cm³/mol. The van der Waals surface area contributed by atoms with Gasteiger partial charge in [-0.25, -0.2) is 0 Å². The molecule has 0 aliphatic carbocycles. The maximum atomic E-state index is 10.8. The molecule has 0 rings (SSSR count). The summed E-state index contributed by atoms with van der Waals surface area (Å²) in [6.07, 6.45) is 0. The van der Waals surface area contributed by atoms with Crippen molar-refractivity contribution in [2.45, 2.75) is 19.9 Å². The number of hydrogen-bond acceptors (Lipinski definition) is 3. The molecule has 0 saturated carbocycles. The highest BCUT2D eigenvalue weighted by Crippen LogP contribution is 1.90. The lowest BCUT2D eigenvalue weighted by Gasteiger charge is -2.20. The number of carbonyl (C=O) groups is 1. The number of thiol groups is 1. The largest absolute Gasteiger partial charge is 0.354 e. The summed E-state index contributed by atoms with van der Waals surface area (Å²) in [5.41, 5.74) is 0. The highest BCUT2D eigenvalue weighted by Gasteiger charge is 2.02. The first-order valence-corrected chi connectivity index (χ1v) is 4.79. The maximum Gasteiger partial charge on any atom is 0.229 e. The van der Waals surface area contributed by atoms with Crippen molar-refractivity contribution in [3.05, 3.63) is 0 Å². The summed E-state index contributed by atoms with van der Waals surface area (Å²) >= 11 is 3.86. The van der Waals surface area contributed by atoms with Gasteiger partial charge >= 0.3 is 0 Å². The molecule has 0 aliphatic heterocycles. The lowest BCUT2D eigenvalue weighted by molar-refractivity contribution is -0.118. The molecular formula is C8H18N2OS. The van der Waals surface area contributed by atoms with Crippen LogP contribution in [0, 0.1) is 0 Å². The maximum absolute atomic E-state index is 10.8. The molecule has 0 unspecified atom stereocenters. The highest BCUT2D eigenvalue weighted by molar-refractivity contribution is 7.81. The fraction of sp³-hybridized carbons (Fsp3) is 0.875. The summed E-state index contributed by atoms with van der Waals surface area (Å²) in [6.45, 7) is 5.84. The predicted octanol–water partition coefficient (Wildman–Crippen LogP) is 0.373. The average molecular weight is 190 g/mol. The topological polar surface area (TPSA) is 32.3 Å². The second-order valence-electron chi connectivity index (χ2n) is 3.08. The third-order valence-corrected chi connectivity index (χ3v) is 2.10. The van der Waals surface area contributed by atoms with Gasteiger partial charge in [0.2, 0.25) is 5.91 Å². The molecule has 72 valence electrons. The molecule has 0 spiro atoms. The van der Waals surface area contributed by atoms with Crippen molar-refractivity contribution in [1.29, 1.82) is 0 Å². The van der Waals surface area contributed by atoms with Crippen LogP contribution in [0.15, 0.2) is 0 Å². The number of nitrogens with zero attached hydrogens (tertiary/aromatic N) is 1. The third-order valence-electron chi connectivity index (χ3n) is 1.81. The summed E-state index contributed by atoms with van der Waals surface area (Å²) in [7, 11) is 2.04. The zero-order valence-corrected chi connectivity index (χ0v) is 8.90. The van der Waals surface area contributed by atoms with Gasteiger partial charge in [0.15, 0.2) is 0 Å². The SMILES string of the molecule is CC(C)N(C)CCNC(=O)CS. The minimum Gasteiger partial charge on any atom is -0.354 e. The number of rotatable bonds is 5. The molecule has 0 bridgehead atoms. The van der Waals surface area contributed by atoms with Gasteiger partial charge < -0.3 is 10.2 Å². The van der Waals surface area contributed by atoms with Crippen molar-refractivity contribution in [3.63, 3.8) is 0 Å². The van der Waals surface area contributed by atoms with Gasteiger partial charge in [-0.05, 0) is 20.9 Å². The first kappa shape index (κ1) is 11.8. The molecule has 0 aromatic rings. The summed E-state index contributed by atoms with van der Waals surface area (Å²) in [6, 6.07) is 0.526. The van der Waals surface area contributed by atoms with Crippen LogP contribution >= 0.6 is 12.6 Å². The first-order valence-electron chi connectivity index (χ1n) is 4.15. The molecule has 3 nitrogen and oxygen atoms in total. The van der Waals surface area contributed by atoms with Crippen LogP contribution in [0.5, 0.6) is 0 Å². The lowest BCUT2D eigenvalue weighted by atomic mass is 10.3. The quantitative estimate of drug-likeness (QED) is 0.614. The second-order valence-corrected chi connectivity index (χ2v) is 3.40. The molecule has 0 atom stereocenters. The Balaban J connectivity index is 3.37. The number of hydrogen-bond donors (Lipinski definition) is 2. The second kappa shape index (κ2) is 6.31. The molecule has 0 fully saturated rings. The van der Waals surface area contributed by atoms with E-state index < -0.39 is 0 Å². The van der Waals surface area contributed by atoms with E-state index in [2.05, 4.69) is 36.7 Å². The van der Waals surface area contributed by atoms with E-state index in [-0.39, 0.29) is 11.7 Å². The van der Waals surface area contributed by atoms with Crippen LogP contribution in [0.1, 0.15) is 13.8 Å². The molecule has 0 aromatic carbocycles. The van der Waals surface area contributed by atoms with Crippen LogP contribution in [0.2, 0.25) is 0 Å². The van der Waals surface area contributed by atoms with Crippen LogP contribution in [-0.4, -0.2) is 42.7 Å². The monoisotopic (exact) mass is 190 g/mol. The molecule has 0 heterocycles. The summed E-state index contributed by atoms with van der Waals surface area (Å²) < 4.78 is 0. The summed E-state index contributed by atoms with van der Waals surface area (Å²) in [4.78, 5) is 12.9. The van der Waals surface area contributed by atoms with Crippen LogP contribution in [0.25, 0.3) is 0 Å². The van der Waals surface area contributed by atoms with Crippen molar-refractivity contribution in [3.8, 4) is 0 Å². The molecule has 1 amide bonds.